The number of hydrogen-bond donors (Lipinski definition) is 0. The van der Waals surface area contributed by atoms with Crippen molar-refractivity contribution in [2.75, 3.05) is 0 Å². The molecule has 0 spiro atoms. The van der Waals surface area contributed by atoms with Crippen molar-refractivity contribution in [1.82, 2.24) is 4.90 Å². The van der Waals surface area contributed by atoms with Gasteiger partial charge in [0.15, 0.2) is 0 Å². The second kappa shape index (κ2) is 5.97. The van der Waals surface area contributed by atoms with Gasteiger partial charge in [0.2, 0.25) is 0 Å². The van der Waals surface area contributed by atoms with Crippen LogP contribution in [0, 0.1) is 0 Å². The molecule has 0 N–H and O–H groups in total. The average molecular weight is 295 g/mol. The van der Waals surface area contributed by atoms with Crippen LogP contribution in [-0.4, -0.2) is 16.0 Å². The molecule has 3 nitrogen and oxygen atoms in total. The molecule has 1 aliphatic rings. The van der Waals surface area contributed by atoms with E-state index >= 15 is 0 Å². The summed E-state index contributed by atoms with van der Waals surface area (Å²) in [5, 5.41) is -0.217. The molecule has 2 aromatic carbocycles. The lowest BCUT2D eigenvalue weighted by Crippen LogP contribution is -2.27. The molecule has 1 fully saturated rings. The highest BCUT2D eigenvalue weighted by molar-refractivity contribution is 8.18. The van der Waals surface area contributed by atoms with E-state index < -0.39 is 0 Å². The van der Waals surface area contributed by atoms with Crippen LogP contribution in [-0.2, 0) is 11.3 Å². The van der Waals surface area contributed by atoms with Gasteiger partial charge >= 0.3 is 0 Å². The van der Waals surface area contributed by atoms with E-state index in [1.165, 1.54) is 4.90 Å². The van der Waals surface area contributed by atoms with Crippen molar-refractivity contribution in [3.63, 3.8) is 0 Å². The molecule has 0 aliphatic carbocycles. The van der Waals surface area contributed by atoms with E-state index in [2.05, 4.69) is 0 Å². The van der Waals surface area contributed by atoms with Crippen LogP contribution in [0.3, 0.4) is 0 Å². The Morgan fingerprint density at radius 3 is 2.19 bits per heavy atom. The first-order valence-corrected chi connectivity index (χ1v) is 7.40. The van der Waals surface area contributed by atoms with Crippen molar-refractivity contribution in [3.05, 3.63) is 76.7 Å². The largest absolute Gasteiger partial charge is 0.293 e. The smallest absolute Gasteiger partial charge is 0.268 e. The minimum absolute atomic E-state index is 0.217. The molecule has 3 rings (SSSR count). The fraction of sp³-hybridized carbons (Fsp3) is 0.0588. The van der Waals surface area contributed by atoms with Crippen LogP contribution in [0.25, 0.3) is 6.08 Å². The Labute approximate surface area is 127 Å². The zero-order valence-electron chi connectivity index (χ0n) is 11.2. The highest BCUT2D eigenvalue weighted by Crippen LogP contribution is 2.33. The summed E-state index contributed by atoms with van der Waals surface area (Å²) in [6.45, 7) is 0.317. The van der Waals surface area contributed by atoms with Crippen molar-refractivity contribution < 1.29 is 9.59 Å². The maximum atomic E-state index is 12.3. The predicted octanol–water partition coefficient (Wildman–Crippen LogP) is 3.92. The monoisotopic (exact) mass is 295 g/mol. The molecule has 0 radical (unpaired) electrons. The summed E-state index contributed by atoms with van der Waals surface area (Å²) in [6.07, 6.45) is 1.76. The maximum absolute atomic E-state index is 12.3. The summed E-state index contributed by atoms with van der Waals surface area (Å²) in [4.78, 5) is 26.1. The molecule has 0 aromatic heterocycles. The van der Waals surface area contributed by atoms with Crippen LogP contribution in [0.1, 0.15) is 11.1 Å². The van der Waals surface area contributed by atoms with E-state index in [0.29, 0.717) is 11.4 Å². The first-order valence-electron chi connectivity index (χ1n) is 6.58. The van der Waals surface area contributed by atoms with Gasteiger partial charge < -0.3 is 0 Å². The summed E-state index contributed by atoms with van der Waals surface area (Å²) < 4.78 is 0. The van der Waals surface area contributed by atoms with Crippen LogP contribution in [0.4, 0.5) is 4.79 Å². The minimum atomic E-state index is -0.224. The van der Waals surface area contributed by atoms with E-state index in [0.717, 1.165) is 22.9 Å². The van der Waals surface area contributed by atoms with E-state index in [9.17, 15) is 9.59 Å². The lowest BCUT2D eigenvalue weighted by Gasteiger charge is -2.12. The standard InChI is InChI=1S/C17H13NO2S/c19-16-15(11-13-7-3-1-4-8-13)21-17(20)18(16)12-14-9-5-2-6-10-14/h1-11H,12H2/b15-11-. The minimum Gasteiger partial charge on any atom is -0.268 e. The lowest BCUT2D eigenvalue weighted by molar-refractivity contribution is -0.123. The van der Waals surface area contributed by atoms with Crippen molar-refractivity contribution in [3.8, 4) is 0 Å². The van der Waals surface area contributed by atoms with Gasteiger partial charge in [-0.25, -0.2) is 0 Å². The number of imide groups is 1. The molecular weight excluding hydrogens is 282 g/mol. The molecule has 0 bridgehead atoms. The van der Waals surface area contributed by atoms with Crippen molar-refractivity contribution in [2.45, 2.75) is 6.54 Å². The molecule has 21 heavy (non-hydrogen) atoms. The molecule has 2 amide bonds. The predicted molar refractivity (Wildman–Crippen MR) is 84.4 cm³/mol. The van der Waals surface area contributed by atoms with Crippen molar-refractivity contribution in [2.24, 2.45) is 0 Å². The Morgan fingerprint density at radius 2 is 1.52 bits per heavy atom. The van der Waals surface area contributed by atoms with Gasteiger partial charge in [-0.3, -0.25) is 14.5 Å². The average Bonchev–Trinajstić information content (AvgIpc) is 2.77. The molecule has 0 saturated carbocycles. The normalized spacial score (nSPS) is 16.8. The van der Waals surface area contributed by atoms with Crippen molar-refractivity contribution >= 4 is 29.0 Å². The van der Waals surface area contributed by atoms with E-state index in [4.69, 9.17) is 0 Å². The third kappa shape index (κ3) is 3.06. The summed E-state index contributed by atoms with van der Waals surface area (Å²) in [6, 6.07) is 19.1. The van der Waals surface area contributed by atoms with E-state index in [1.54, 1.807) is 6.08 Å². The Balaban J connectivity index is 1.81. The SMILES string of the molecule is O=C1S/C(=C\c2ccccc2)C(=O)N1Cc1ccccc1. The summed E-state index contributed by atoms with van der Waals surface area (Å²) in [7, 11) is 0. The van der Waals surface area contributed by atoms with Gasteiger partial charge in [-0.1, -0.05) is 60.7 Å². The number of benzene rings is 2. The molecular formula is C17H13NO2S. The number of carbonyl (C=O) groups excluding carboxylic acids is 2. The van der Waals surface area contributed by atoms with Gasteiger partial charge in [-0.15, -0.1) is 0 Å². The summed E-state index contributed by atoms with van der Waals surface area (Å²) in [5.74, 6) is -0.224. The molecule has 1 heterocycles. The van der Waals surface area contributed by atoms with Gasteiger partial charge in [0.25, 0.3) is 11.1 Å². The molecule has 104 valence electrons. The number of rotatable bonds is 3. The molecule has 2 aromatic rings. The van der Waals surface area contributed by atoms with Crippen LogP contribution in [0.15, 0.2) is 65.6 Å². The Hall–Kier alpha value is -2.33. The number of thioether (sulfide) groups is 1. The number of carbonyl (C=O) groups is 2. The lowest BCUT2D eigenvalue weighted by atomic mass is 10.2. The van der Waals surface area contributed by atoms with Crippen LogP contribution in [0.5, 0.6) is 0 Å². The third-order valence-corrected chi connectivity index (χ3v) is 4.06. The van der Waals surface area contributed by atoms with Crippen LogP contribution >= 0.6 is 11.8 Å². The Kier molecular flexibility index (Phi) is 3.88. The zero-order valence-corrected chi connectivity index (χ0v) is 12.0. The van der Waals surface area contributed by atoms with E-state index in [-0.39, 0.29) is 11.1 Å². The van der Waals surface area contributed by atoms with Crippen LogP contribution in [0.2, 0.25) is 0 Å². The highest BCUT2D eigenvalue weighted by atomic mass is 32.2. The van der Waals surface area contributed by atoms with Gasteiger partial charge in [-0.2, -0.15) is 0 Å². The van der Waals surface area contributed by atoms with E-state index in [1.807, 2.05) is 60.7 Å². The van der Waals surface area contributed by atoms with Crippen LogP contribution < -0.4 is 0 Å². The van der Waals surface area contributed by atoms with Gasteiger partial charge in [-0.05, 0) is 29.0 Å². The quantitative estimate of drug-likeness (QED) is 0.805. The fourth-order valence-electron chi connectivity index (χ4n) is 2.10. The summed E-state index contributed by atoms with van der Waals surface area (Å²) in [5.41, 5.74) is 1.86. The highest BCUT2D eigenvalue weighted by Gasteiger charge is 2.34. The molecule has 0 atom stereocenters. The zero-order chi connectivity index (χ0) is 14.7. The van der Waals surface area contributed by atoms with Crippen molar-refractivity contribution in [1.29, 1.82) is 0 Å². The van der Waals surface area contributed by atoms with Gasteiger partial charge in [0.05, 0.1) is 11.4 Å². The number of nitrogens with zero attached hydrogens (tertiary/aromatic N) is 1. The molecule has 1 aliphatic heterocycles. The molecule has 0 unspecified atom stereocenters. The number of amides is 2. The number of hydrogen-bond acceptors (Lipinski definition) is 3. The Morgan fingerprint density at radius 1 is 0.905 bits per heavy atom. The fourth-order valence-corrected chi connectivity index (χ4v) is 2.94. The molecule has 1 saturated heterocycles. The second-order valence-electron chi connectivity index (χ2n) is 4.66. The first-order chi connectivity index (χ1) is 10.2. The Bertz CT molecular complexity index is 695. The topological polar surface area (TPSA) is 37.4 Å². The summed E-state index contributed by atoms with van der Waals surface area (Å²) >= 11 is 0.994. The third-order valence-electron chi connectivity index (χ3n) is 3.15. The second-order valence-corrected chi connectivity index (χ2v) is 5.66. The molecule has 4 heteroatoms. The van der Waals surface area contributed by atoms with Gasteiger partial charge in [0.1, 0.15) is 0 Å². The first kappa shape index (κ1) is 13.6. The van der Waals surface area contributed by atoms with Gasteiger partial charge in [0, 0.05) is 0 Å². The maximum Gasteiger partial charge on any atom is 0.293 e.